The molecule has 39 heavy (non-hydrogen) atoms. The van der Waals surface area contributed by atoms with Gasteiger partial charge in [0.2, 0.25) is 6.29 Å². The summed E-state index contributed by atoms with van der Waals surface area (Å²) in [4.78, 5) is 18.6. The third-order valence-corrected chi connectivity index (χ3v) is 8.78. The summed E-state index contributed by atoms with van der Waals surface area (Å²) in [6, 6.07) is 7.51. The number of nitrogens with one attached hydrogen (secondary N) is 1. The van der Waals surface area contributed by atoms with Crippen molar-refractivity contribution in [3.05, 3.63) is 47.4 Å². The number of aliphatic hydroxyl groups is 5. The van der Waals surface area contributed by atoms with Crippen LogP contribution in [0.3, 0.4) is 0 Å². The number of esters is 1. The van der Waals surface area contributed by atoms with Crippen molar-refractivity contribution in [2.75, 3.05) is 26.9 Å². The zero-order chi connectivity index (χ0) is 27.4. The summed E-state index contributed by atoms with van der Waals surface area (Å²) in [6.07, 6.45) is -5.86. The van der Waals surface area contributed by atoms with Crippen molar-refractivity contribution in [3.8, 4) is 0 Å². The van der Waals surface area contributed by atoms with Gasteiger partial charge in [0.1, 0.15) is 24.4 Å². The fourth-order valence-electron chi connectivity index (χ4n) is 6.88. The minimum Gasteiger partial charge on any atom is -0.471 e. The van der Waals surface area contributed by atoms with E-state index >= 15 is 0 Å². The first kappa shape index (κ1) is 26.7. The molecule has 10 atom stereocenters. The molecule has 0 radical (unpaired) electrons. The lowest BCUT2D eigenvalue weighted by atomic mass is 9.70. The van der Waals surface area contributed by atoms with Crippen LogP contribution in [-0.4, -0.2) is 111 Å². The summed E-state index contributed by atoms with van der Waals surface area (Å²) in [5, 5.41) is 52.4. The van der Waals surface area contributed by atoms with Gasteiger partial charge in [-0.1, -0.05) is 18.2 Å². The third-order valence-electron chi connectivity index (χ3n) is 8.78. The average Bonchev–Trinajstić information content (AvgIpc) is 3.35. The second-order valence-corrected chi connectivity index (χ2v) is 10.6. The Hall–Kier alpha value is -2.55. The van der Waals surface area contributed by atoms with Gasteiger partial charge in [-0.05, 0) is 24.5 Å². The molecule has 12 heteroatoms. The fourth-order valence-corrected chi connectivity index (χ4v) is 6.88. The minimum atomic E-state index is -1.62. The summed E-state index contributed by atoms with van der Waals surface area (Å²) >= 11 is 0. The highest BCUT2D eigenvalue weighted by atomic mass is 16.8. The van der Waals surface area contributed by atoms with Crippen LogP contribution >= 0.6 is 0 Å². The van der Waals surface area contributed by atoms with Crippen molar-refractivity contribution in [2.24, 2.45) is 11.8 Å². The topological polar surface area (TPSA) is 174 Å². The van der Waals surface area contributed by atoms with Gasteiger partial charge < -0.3 is 49.5 Å². The molecule has 0 saturated carbocycles. The van der Waals surface area contributed by atoms with Crippen LogP contribution in [0.15, 0.2) is 36.1 Å². The monoisotopic (exact) mass is 546 g/mol. The molecule has 1 aromatic carbocycles. The van der Waals surface area contributed by atoms with E-state index in [1.54, 1.807) is 0 Å². The number of H-pyrrole nitrogens is 1. The number of piperidine rings is 1. The van der Waals surface area contributed by atoms with Gasteiger partial charge in [-0.3, -0.25) is 4.90 Å². The number of hydrogen-bond donors (Lipinski definition) is 6. The van der Waals surface area contributed by atoms with Crippen molar-refractivity contribution in [2.45, 2.75) is 61.9 Å². The van der Waals surface area contributed by atoms with Crippen molar-refractivity contribution < 1.29 is 49.3 Å². The lowest BCUT2D eigenvalue weighted by molar-refractivity contribution is -0.346. The molecular formula is C27H34N2O10. The van der Waals surface area contributed by atoms with Crippen molar-refractivity contribution in [1.29, 1.82) is 0 Å². The fraction of sp³-hybridized carbons (Fsp3) is 0.593. The number of para-hydroxylation sites is 1. The standard InChI is InChI=1S/C27H34N2O10/c1-36-25(35)15-11-37-26(39-27-24(34)23(33)22(32)19(10-31)38-27)20-14(15)8-17-21-13(6-7-29(17)18(20)9-30)12-4-2-3-5-16(12)28-21/h2-5,11,14,17-20,22-24,26-28,30-34H,6-10H2,1H3/t14-,17+,18+,19+,20+,22+,23-,24+,26+,27-/m1/s1. The predicted octanol–water partition coefficient (Wildman–Crippen LogP) is -0.706. The third kappa shape index (κ3) is 4.26. The van der Waals surface area contributed by atoms with E-state index in [1.807, 2.05) is 18.2 Å². The second kappa shape index (κ2) is 10.5. The highest BCUT2D eigenvalue weighted by molar-refractivity contribution is 5.89. The molecule has 0 bridgehead atoms. The summed E-state index contributed by atoms with van der Waals surface area (Å²) in [6.45, 7) is -0.187. The quantitative estimate of drug-likeness (QED) is 0.262. The summed E-state index contributed by atoms with van der Waals surface area (Å²) in [5.74, 6) is -1.55. The predicted molar refractivity (Wildman–Crippen MR) is 134 cm³/mol. The summed E-state index contributed by atoms with van der Waals surface area (Å²) < 4.78 is 22.5. The SMILES string of the molecule is COC(=O)C1=CO[C@@H](O[C@H]2O[C@@H](CO)[C@H](O)[C@@H](O)[C@@H]2O)[C@H]2[C@@H]1C[C@H]1c3[nH]c4ccccc4c3CCN1[C@H]2CO. The van der Waals surface area contributed by atoms with Gasteiger partial charge in [0.25, 0.3) is 0 Å². The van der Waals surface area contributed by atoms with Crippen LogP contribution in [0.1, 0.15) is 23.7 Å². The summed E-state index contributed by atoms with van der Waals surface area (Å²) in [5.41, 5.74) is 3.64. The van der Waals surface area contributed by atoms with Crippen LogP contribution in [-0.2, 0) is 30.2 Å². The molecule has 0 aliphatic carbocycles. The Morgan fingerprint density at radius 1 is 1.10 bits per heavy atom. The number of aromatic amines is 1. The molecule has 2 aromatic rings. The van der Waals surface area contributed by atoms with Gasteiger partial charge in [0.15, 0.2) is 6.29 Å². The van der Waals surface area contributed by atoms with Gasteiger partial charge in [0, 0.05) is 41.0 Å². The molecule has 0 unspecified atom stereocenters. The molecule has 2 fully saturated rings. The van der Waals surface area contributed by atoms with E-state index in [0.29, 0.717) is 18.5 Å². The Morgan fingerprint density at radius 3 is 2.64 bits per heavy atom. The number of aromatic nitrogens is 1. The highest BCUT2D eigenvalue weighted by Crippen LogP contribution is 2.51. The van der Waals surface area contributed by atoms with Crippen LogP contribution in [0.25, 0.3) is 10.9 Å². The van der Waals surface area contributed by atoms with E-state index in [0.717, 1.165) is 23.0 Å². The Balaban J connectivity index is 1.35. The Labute approximate surface area is 224 Å². The largest absolute Gasteiger partial charge is 0.471 e. The van der Waals surface area contributed by atoms with Crippen molar-refractivity contribution >= 4 is 16.9 Å². The Bertz CT molecular complexity index is 1250. The minimum absolute atomic E-state index is 0.112. The molecule has 12 nitrogen and oxygen atoms in total. The maximum atomic E-state index is 12.8. The maximum Gasteiger partial charge on any atom is 0.337 e. The number of carbonyl (C=O) groups is 1. The van der Waals surface area contributed by atoms with Crippen LogP contribution in [0, 0.1) is 11.8 Å². The number of rotatable bonds is 5. The smallest absolute Gasteiger partial charge is 0.337 e. The van der Waals surface area contributed by atoms with Crippen molar-refractivity contribution in [3.63, 3.8) is 0 Å². The molecule has 212 valence electrons. The number of ether oxygens (including phenoxy) is 4. The van der Waals surface area contributed by atoms with E-state index in [-0.39, 0.29) is 12.6 Å². The van der Waals surface area contributed by atoms with E-state index in [9.17, 15) is 30.3 Å². The first-order valence-electron chi connectivity index (χ1n) is 13.2. The Kier molecular flexibility index (Phi) is 7.14. The van der Waals surface area contributed by atoms with Crippen LogP contribution in [0.2, 0.25) is 0 Å². The number of carbonyl (C=O) groups excluding carboxylic acids is 1. The Morgan fingerprint density at radius 2 is 1.90 bits per heavy atom. The van der Waals surface area contributed by atoms with Gasteiger partial charge in [-0.2, -0.15) is 0 Å². The molecular weight excluding hydrogens is 512 g/mol. The molecule has 5 heterocycles. The van der Waals surface area contributed by atoms with Crippen LogP contribution < -0.4 is 0 Å². The van der Waals surface area contributed by atoms with E-state index in [2.05, 4.69) is 16.0 Å². The van der Waals surface area contributed by atoms with Gasteiger partial charge >= 0.3 is 5.97 Å². The maximum absolute atomic E-state index is 12.8. The molecule has 0 spiro atoms. The molecule has 1 aromatic heterocycles. The molecule has 0 amide bonds. The van der Waals surface area contributed by atoms with Crippen LogP contribution in [0.4, 0.5) is 0 Å². The van der Waals surface area contributed by atoms with Crippen LogP contribution in [0.5, 0.6) is 0 Å². The lowest BCUT2D eigenvalue weighted by Crippen LogP contribution is -2.63. The normalized spacial score (nSPS) is 38.3. The highest BCUT2D eigenvalue weighted by Gasteiger charge is 2.55. The molecule has 4 aliphatic heterocycles. The average molecular weight is 547 g/mol. The number of nitrogens with zero attached hydrogens (tertiary/aromatic N) is 1. The number of benzene rings is 1. The number of aliphatic hydroxyl groups excluding tert-OH is 5. The van der Waals surface area contributed by atoms with E-state index in [4.69, 9.17) is 18.9 Å². The number of methoxy groups -OCH3 is 1. The van der Waals surface area contributed by atoms with E-state index < -0.39 is 67.4 Å². The van der Waals surface area contributed by atoms with Gasteiger partial charge in [0.05, 0.1) is 38.2 Å². The van der Waals surface area contributed by atoms with E-state index in [1.165, 1.54) is 18.9 Å². The zero-order valence-electron chi connectivity index (χ0n) is 21.4. The lowest BCUT2D eigenvalue weighted by Gasteiger charge is -2.54. The number of fused-ring (bicyclic) bond motifs is 6. The number of hydrogen-bond acceptors (Lipinski definition) is 11. The molecule has 6 N–H and O–H groups in total. The van der Waals surface area contributed by atoms with Crippen molar-refractivity contribution in [1.82, 2.24) is 9.88 Å². The summed E-state index contributed by atoms with van der Waals surface area (Å²) in [7, 11) is 1.30. The van der Waals surface area contributed by atoms with Gasteiger partial charge in [-0.25, -0.2) is 4.79 Å². The first-order valence-corrected chi connectivity index (χ1v) is 13.2. The zero-order valence-corrected chi connectivity index (χ0v) is 21.4. The molecule has 4 aliphatic rings. The first-order chi connectivity index (χ1) is 18.9. The molecule has 6 rings (SSSR count). The van der Waals surface area contributed by atoms with Gasteiger partial charge in [-0.15, -0.1) is 0 Å². The second-order valence-electron chi connectivity index (χ2n) is 10.6. The molecule has 2 saturated heterocycles.